The van der Waals surface area contributed by atoms with Gasteiger partial charge >= 0.3 is 17.9 Å². The number of rotatable bonds is 0. The van der Waals surface area contributed by atoms with Crippen molar-refractivity contribution >= 4 is 17.9 Å². The molecule has 0 aromatic carbocycles. The quantitative estimate of drug-likeness (QED) is 0.486. The van der Waals surface area contributed by atoms with E-state index in [9.17, 15) is 14.4 Å². The number of carbonyl (C=O) groups excluding carboxylic acids is 3. The van der Waals surface area contributed by atoms with Gasteiger partial charge in [-0.15, -0.1) is 0 Å². The molecule has 0 bridgehead atoms. The van der Waals surface area contributed by atoms with Crippen LogP contribution in [0.1, 0.15) is 32.1 Å². The lowest BCUT2D eigenvalue weighted by atomic mass is 9.63. The maximum Gasteiger partial charge on any atom is 0.318 e. The first-order valence-corrected chi connectivity index (χ1v) is 6.86. The van der Waals surface area contributed by atoms with Gasteiger partial charge in [-0.1, -0.05) is 6.42 Å². The van der Waals surface area contributed by atoms with E-state index in [-0.39, 0.29) is 30.1 Å². The molecule has 5 nitrogen and oxygen atoms in total. The number of esters is 3. The summed E-state index contributed by atoms with van der Waals surface area (Å²) in [7, 11) is 0. The zero-order chi connectivity index (χ0) is 13.1. The SMILES string of the molecule is O=C1C[C@H]2C(=C3CCCC[C@H]3[C@H]3C(=O)OC(=O)[C@H]32)O1. The molecule has 0 aromatic heterocycles. The van der Waals surface area contributed by atoms with Crippen molar-refractivity contribution in [3.05, 3.63) is 11.3 Å². The molecular weight excluding hydrogens is 248 g/mol. The Morgan fingerprint density at radius 3 is 2.42 bits per heavy atom. The molecule has 2 heterocycles. The van der Waals surface area contributed by atoms with Gasteiger partial charge in [0.15, 0.2) is 0 Å². The molecule has 4 aliphatic rings. The van der Waals surface area contributed by atoms with Gasteiger partial charge in [0.1, 0.15) is 5.76 Å². The van der Waals surface area contributed by atoms with E-state index in [1.807, 2.05) is 0 Å². The molecule has 0 unspecified atom stereocenters. The molecule has 4 rings (SSSR count). The summed E-state index contributed by atoms with van der Waals surface area (Å²) in [4.78, 5) is 35.4. The Balaban J connectivity index is 1.86. The zero-order valence-corrected chi connectivity index (χ0v) is 10.4. The van der Waals surface area contributed by atoms with Crippen molar-refractivity contribution in [1.29, 1.82) is 0 Å². The highest BCUT2D eigenvalue weighted by atomic mass is 16.6. The first-order chi connectivity index (χ1) is 9.16. The smallest absolute Gasteiger partial charge is 0.318 e. The lowest BCUT2D eigenvalue weighted by molar-refractivity contribution is -0.154. The van der Waals surface area contributed by atoms with Crippen LogP contribution >= 0.6 is 0 Å². The molecule has 100 valence electrons. The largest absolute Gasteiger partial charge is 0.431 e. The molecule has 2 aliphatic heterocycles. The Hall–Kier alpha value is -1.65. The summed E-state index contributed by atoms with van der Waals surface area (Å²) < 4.78 is 10.2. The lowest BCUT2D eigenvalue weighted by Crippen LogP contribution is -2.38. The average molecular weight is 262 g/mol. The number of cyclic esters (lactones) is 2. The van der Waals surface area contributed by atoms with Gasteiger partial charge in [0.2, 0.25) is 0 Å². The van der Waals surface area contributed by atoms with Crippen LogP contribution in [0.5, 0.6) is 0 Å². The van der Waals surface area contributed by atoms with E-state index in [0.717, 1.165) is 31.3 Å². The second kappa shape index (κ2) is 3.68. The number of hydrogen-bond acceptors (Lipinski definition) is 5. The Bertz CT molecular complexity index is 532. The van der Waals surface area contributed by atoms with E-state index in [1.165, 1.54) is 0 Å². The third-order valence-electron chi connectivity index (χ3n) is 4.92. The first kappa shape index (κ1) is 11.2. The van der Waals surface area contributed by atoms with Crippen LogP contribution in [-0.2, 0) is 23.9 Å². The molecule has 2 aliphatic carbocycles. The van der Waals surface area contributed by atoms with Gasteiger partial charge in [0.05, 0.1) is 18.3 Å². The molecule has 4 atom stereocenters. The Kier molecular flexibility index (Phi) is 2.17. The predicted molar refractivity (Wildman–Crippen MR) is 61.3 cm³/mol. The molecule has 0 spiro atoms. The molecule has 0 radical (unpaired) electrons. The van der Waals surface area contributed by atoms with E-state index in [4.69, 9.17) is 9.47 Å². The van der Waals surface area contributed by atoms with E-state index < -0.39 is 17.9 Å². The van der Waals surface area contributed by atoms with Gasteiger partial charge < -0.3 is 9.47 Å². The van der Waals surface area contributed by atoms with Crippen LogP contribution in [0.15, 0.2) is 11.3 Å². The summed E-state index contributed by atoms with van der Waals surface area (Å²) in [6.07, 6.45) is 4.06. The monoisotopic (exact) mass is 262 g/mol. The maximum absolute atomic E-state index is 12.0. The van der Waals surface area contributed by atoms with E-state index in [2.05, 4.69) is 0 Å². The van der Waals surface area contributed by atoms with E-state index in [1.54, 1.807) is 0 Å². The average Bonchev–Trinajstić information content (AvgIpc) is 2.90. The van der Waals surface area contributed by atoms with Crippen molar-refractivity contribution in [3.63, 3.8) is 0 Å². The third kappa shape index (κ3) is 1.38. The first-order valence-electron chi connectivity index (χ1n) is 6.86. The number of fused-ring (bicyclic) bond motifs is 5. The summed E-state index contributed by atoms with van der Waals surface area (Å²) in [6.45, 7) is 0. The summed E-state index contributed by atoms with van der Waals surface area (Å²) in [5.41, 5.74) is 1.09. The number of carbonyl (C=O) groups is 3. The second-order valence-corrected chi connectivity index (χ2v) is 5.82. The minimum absolute atomic E-state index is 0.0369. The topological polar surface area (TPSA) is 69.7 Å². The highest BCUT2D eigenvalue weighted by molar-refractivity contribution is 5.98. The maximum atomic E-state index is 12.0. The minimum atomic E-state index is -0.499. The van der Waals surface area contributed by atoms with Crippen LogP contribution in [-0.4, -0.2) is 17.9 Å². The van der Waals surface area contributed by atoms with Crippen molar-refractivity contribution in [3.8, 4) is 0 Å². The Labute approximate surface area is 109 Å². The van der Waals surface area contributed by atoms with E-state index in [0.29, 0.717) is 5.76 Å². The summed E-state index contributed by atoms with van der Waals surface area (Å²) in [6, 6.07) is 0. The van der Waals surface area contributed by atoms with Crippen molar-refractivity contribution < 1.29 is 23.9 Å². The van der Waals surface area contributed by atoms with E-state index >= 15 is 0 Å². The van der Waals surface area contributed by atoms with Crippen molar-refractivity contribution in [2.45, 2.75) is 32.1 Å². The Morgan fingerprint density at radius 1 is 0.895 bits per heavy atom. The van der Waals surface area contributed by atoms with Crippen LogP contribution in [0.2, 0.25) is 0 Å². The van der Waals surface area contributed by atoms with Crippen LogP contribution in [0.3, 0.4) is 0 Å². The molecule has 2 saturated heterocycles. The normalized spacial score (nSPS) is 40.5. The van der Waals surface area contributed by atoms with Crippen LogP contribution < -0.4 is 0 Å². The number of allylic oxidation sites excluding steroid dienone is 2. The predicted octanol–water partition coefficient (Wildman–Crippen LogP) is 1.32. The highest BCUT2D eigenvalue weighted by Crippen LogP contribution is 2.54. The molecule has 3 fully saturated rings. The van der Waals surface area contributed by atoms with Crippen molar-refractivity contribution in [1.82, 2.24) is 0 Å². The highest BCUT2D eigenvalue weighted by Gasteiger charge is 2.59. The standard InChI is InChI=1S/C14H14O5/c15-9-5-8-11-10(13(16)19-14(11)17)6-3-1-2-4-7(6)12(8)18-9/h6,8,10-11H,1-5H2/t6-,8-,10-,11+/m1/s1. The van der Waals surface area contributed by atoms with Crippen molar-refractivity contribution in [2.24, 2.45) is 23.7 Å². The van der Waals surface area contributed by atoms with Crippen LogP contribution in [0.4, 0.5) is 0 Å². The Morgan fingerprint density at radius 2 is 1.63 bits per heavy atom. The summed E-state index contributed by atoms with van der Waals surface area (Å²) in [5, 5.41) is 0. The zero-order valence-electron chi connectivity index (χ0n) is 10.4. The molecular formula is C14H14O5. The lowest BCUT2D eigenvalue weighted by Gasteiger charge is -2.37. The molecule has 1 saturated carbocycles. The van der Waals surface area contributed by atoms with Gasteiger partial charge in [0.25, 0.3) is 0 Å². The molecule has 0 aromatic rings. The third-order valence-corrected chi connectivity index (χ3v) is 4.92. The van der Waals surface area contributed by atoms with Gasteiger partial charge in [-0.3, -0.25) is 14.4 Å². The van der Waals surface area contributed by atoms with Gasteiger partial charge in [-0.25, -0.2) is 0 Å². The summed E-state index contributed by atoms with van der Waals surface area (Å²) >= 11 is 0. The second-order valence-electron chi connectivity index (χ2n) is 5.82. The number of ether oxygens (including phenoxy) is 2. The molecule has 0 amide bonds. The van der Waals surface area contributed by atoms with Crippen molar-refractivity contribution in [2.75, 3.05) is 0 Å². The molecule has 0 N–H and O–H groups in total. The molecule has 19 heavy (non-hydrogen) atoms. The van der Waals surface area contributed by atoms with Crippen LogP contribution in [0, 0.1) is 23.7 Å². The van der Waals surface area contributed by atoms with Gasteiger partial charge in [-0.2, -0.15) is 0 Å². The summed E-state index contributed by atoms with van der Waals surface area (Å²) in [5.74, 6) is -1.59. The fourth-order valence-electron chi connectivity index (χ4n) is 4.21. The molecule has 5 heteroatoms. The minimum Gasteiger partial charge on any atom is -0.431 e. The van der Waals surface area contributed by atoms with Crippen LogP contribution in [0.25, 0.3) is 0 Å². The van der Waals surface area contributed by atoms with Gasteiger partial charge in [0, 0.05) is 5.92 Å². The fourth-order valence-corrected chi connectivity index (χ4v) is 4.21. The van der Waals surface area contributed by atoms with Gasteiger partial charge in [-0.05, 0) is 30.8 Å². The fraction of sp³-hybridized carbons (Fsp3) is 0.643. The number of hydrogen-bond donors (Lipinski definition) is 0.